The van der Waals surface area contributed by atoms with Crippen molar-refractivity contribution < 1.29 is 14.7 Å². The lowest BCUT2D eigenvalue weighted by Crippen LogP contribution is -2.49. The van der Waals surface area contributed by atoms with Crippen LogP contribution in [0.5, 0.6) is 0 Å². The number of carbonyl (C=O) groups is 2. The Hall–Kier alpha value is -2.37. The first-order valence-electron chi connectivity index (χ1n) is 7.09. The van der Waals surface area contributed by atoms with Gasteiger partial charge in [0.1, 0.15) is 12.6 Å². The lowest BCUT2D eigenvalue weighted by atomic mass is 10.0. The van der Waals surface area contributed by atoms with E-state index in [9.17, 15) is 14.7 Å². The van der Waals surface area contributed by atoms with Crippen molar-refractivity contribution in [3.05, 3.63) is 30.5 Å². The number of hydrogen-bond acceptors (Lipinski definition) is 3. The largest absolute Gasteiger partial charge is 0.480 e. The number of fused-ring (bicyclic) bond motifs is 1. The molecule has 6 heteroatoms. The fourth-order valence-corrected chi connectivity index (χ4v) is 2.86. The van der Waals surface area contributed by atoms with E-state index in [1.54, 1.807) is 10.9 Å². The molecule has 0 radical (unpaired) electrons. The van der Waals surface area contributed by atoms with Gasteiger partial charge in [-0.25, -0.2) is 4.79 Å². The van der Waals surface area contributed by atoms with Crippen LogP contribution in [0.4, 0.5) is 0 Å². The summed E-state index contributed by atoms with van der Waals surface area (Å²) < 4.78 is 1.63. The van der Waals surface area contributed by atoms with Gasteiger partial charge in [-0.15, -0.1) is 0 Å². The molecule has 3 rings (SSSR count). The highest BCUT2D eigenvalue weighted by Gasteiger charge is 2.32. The molecule has 0 saturated carbocycles. The molecule has 1 amide bonds. The van der Waals surface area contributed by atoms with E-state index in [1.165, 1.54) is 4.90 Å². The topological polar surface area (TPSA) is 75.4 Å². The summed E-state index contributed by atoms with van der Waals surface area (Å²) in [6.45, 7) is 0.590. The number of aromatic nitrogens is 2. The first kappa shape index (κ1) is 13.6. The van der Waals surface area contributed by atoms with Crippen LogP contribution in [-0.2, 0) is 16.1 Å². The highest BCUT2D eigenvalue weighted by molar-refractivity contribution is 5.85. The molecule has 0 aliphatic carbocycles. The zero-order valence-corrected chi connectivity index (χ0v) is 11.6. The summed E-state index contributed by atoms with van der Waals surface area (Å²) in [6, 6.07) is 6.95. The zero-order valence-electron chi connectivity index (χ0n) is 11.6. The minimum atomic E-state index is -0.923. The molecule has 1 aromatic carbocycles. The summed E-state index contributed by atoms with van der Waals surface area (Å²) in [5.41, 5.74) is 0.884. The van der Waals surface area contributed by atoms with Gasteiger partial charge in [-0.2, -0.15) is 5.10 Å². The van der Waals surface area contributed by atoms with Gasteiger partial charge in [0.25, 0.3) is 0 Å². The van der Waals surface area contributed by atoms with Gasteiger partial charge in [-0.1, -0.05) is 18.2 Å². The second-order valence-electron chi connectivity index (χ2n) is 5.30. The summed E-state index contributed by atoms with van der Waals surface area (Å²) in [6.07, 6.45) is 3.95. The zero-order chi connectivity index (χ0) is 14.8. The molecule has 1 N–H and O–H groups in total. The van der Waals surface area contributed by atoms with E-state index in [0.717, 1.165) is 23.7 Å². The Balaban J connectivity index is 1.80. The second-order valence-corrected chi connectivity index (χ2v) is 5.30. The van der Waals surface area contributed by atoms with Crippen molar-refractivity contribution in [2.24, 2.45) is 0 Å². The smallest absolute Gasteiger partial charge is 0.326 e. The molecule has 6 nitrogen and oxygen atoms in total. The molecular weight excluding hydrogens is 270 g/mol. The highest BCUT2D eigenvalue weighted by atomic mass is 16.4. The minimum Gasteiger partial charge on any atom is -0.480 e. The van der Waals surface area contributed by atoms with Crippen molar-refractivity contribution in [1.82, 2.24) is 14.7 Å². The molecule has 1 aliphatic rings. The third kappa shape index (κ3) is 2.61. The van der Waals surface area contributed by atoms with Crippen LogP contribution in [-0.4, -0.2) is 44.3 Å². The van der Waals surface area contributed by atoms with E-state index in [2.05, 4.69) is 5.10 Å². The Bertz CT molecular complexity index is 680. The molecule has 1 fully saturated rings. The standard InChI is InChI=1S/C15H17N3O3/c19-14(17-8-4-3-7-13(17)15(20)21)10-18-12-6-2-1-5-11(12)9-16-18/h1-2,5-6,9,13H,3-4,7-8,10H2,(H,20,21)/t13-/m0/s1. The SMILES string of the molecule is O=C(O)[C@@H]1CCCCN1C(=O)Cn1ncc2ccccc21. The molecule has 110 valence electrons. The Morgan fingerprint density at radius 2 is 2.10 bits per heavy atom. The monoisotopic (exact) mass is 287 g/mol. The molecule has 1 atom stereocenters. The summed E-state index contributed by atoms with van der Waals surface area (Å²) in [5.74, 6) is -1.11. The number of piperidine rings is 1. The molecule has 0 bridgehead atoms. The van der Waals surface area contributed by atoms with Crippen LogP contribution in [0.15, 0.2) is 30.5 Å². The number of carboxylic acids is 1. The average Bonchev–Trinajstić information content (AvgIpc) is 2.90. The quantitative estimate of drug-likeness (QED) is 0.928. The Labute approximate surface area is 122 Å². The van der Waals surface area contributed by atoms with Crippen LogP contribution in [0.2, 0.25) is 0 Å². The number of likely N-dealkylation sites (tertiary alicyclic amines) is 1. The van der Waals surface area contributed by atoms with E-state index in [1.807, 2.05) is 24.3 Å². The van der Waals surface area contributed by atoms with Crippen molar-refractivity contribution in [3.8, 4) is 0 Å². The van der Waals surface area contributed by atoms with Gasteiger partial charge in [0.2, 0.25) is 5.91 Å². The maximum atomic E-state index is 12.4. The average molecular weight is 287 g/mol. The van der Waals surface area contributed by atoms with E-state index in [4.69, 9.17) is 0 Å². The number of carbonyl (C=O) groups excluding carboxylic acids is 1. The fraction of sp³-hybridized carbons (Fsp3) is 0.400. The fourth-order valence-electron chi connectivity index (χ4n) is 2.86. The molecule has 1 saturated heterocycles. The number of hydrogen-bond donors (Lipinski definition) is 1. The summed E-state index contributed by atoms with van der Waals surface area (Å²) in [4.78, 5) is 25.2. The molecular formula is C15H17N3O3. The van der Waals surface area contributed by atoms with Crippen molar-refractivity contribution in [1.29, 1.82) is 0 Å². The third-order valence-electron chi connectivity index (χ3n) is 3.94. The molecule has 2 heterocycles. The Morgan fingerprint density at radius 3 is 2.90 bits per heavy atom. The lowest BCUT2D eigenvalue weighted by molar-refractivity contribution is -0.152. The van der Waals surface area contributed by atoms with E-state index < -0.39 is 12.0 Å². The normalized spacial score (nSPS) is 18.9. The number of nitrogens with zero attached hydrogens (tertiary/aromatic N) is 3. The summed E-state index contributed by atoms with van der Waals surface area (Å²) >= 11 is 0. The predicted octanol–water partition coefficient (Wildman–Crippen LogP) is 1.50. The van der Waals surface area contributed by atoms with Crippen LogP contribution in [0.3, 0.4) is 0 Å². The highest BCUT2D eigenvalue weighted by Crippen LogP contribution is 2.19. The molecule has 1 aliphatic heterocycles. The van der Waals surface area contributed by atoms with E-state index in [0.29, 0.717) is 13.0 Å². The van der Waals surface area contributed by atoms with Gasteiger partial charge >= 0.3 is 5.97 Å². The number of benzene rings is 1. The van der Waals surface area contributed by atoms with Gasteiger partial charge in [0.05, 0.1) is 11.7 Å². The Morgan fingerprint density at radius 1 is 1.29 bits per heavy atom. The van der Waals surface area contributed by atoms with Gasteiger partial charge in [0.15, 0.2) is 0 Å². The van der Waals surface area contributed by atoms with Crippen molar-refractivity contribution in [2.75, 3.05) is 6.54 Å². The number of amides is 1. The number of para-hydroxylation sites is 1. The first-order valence-corrected chi connectivity index (χ1v) is 7.09. The van der Waals surface area contributed by atoms with Gasteiger partial charge in [0, 0.05) is 11.9 Å². The van der Waals surface area contributed by atoms with Crippen LogP contribution < -0.4 is 0 Å². The summed E-state index contributed by atoms with van der Waals surface area (Å²) in [7, 11) is 0. The second kappa shape index (κ2) is 5.55. The lowest BCUT2D eigenvalue weighted by Gasteiger charge is -2.32. The maximum Gasteiger partial charge on any atom is 0.326 e. The van der Waals surface area contributed by atoms with Crippen LogP contribution in [0.1, 0.15) is 19.3 Å². The van der Waals surface area contributed by atoms with Gasteiger partial charge in [-0.3, -0.25) is 9.48 Å². The number of rotatable bonds is 3. The van der Waals surface area contributed by atoms with Crippen LogP contribution in [0.25, 0.3) is 10.9 Å². The first-order chi connectivity index (χ1) is 10.2. The number of aliphatic carboxylic acids is 1. The molecule has 2 aromatic rings. The molecule has 0 spiro atoms. The van der Waals surface area contributed by atoms with Crippen LogP contribution in [0, 0.1) is 0 Å². The molecule has 1 aromatic heterocycles. The van der Waals surface area contributed by atoms with Crippen molar-refractivity contribution >= 4 is 22.8 Å². The maximum absolute atomic E-state index is 12.4. The predicted molar refractivity (Wildman–Crippen MR) is 76.7 cm³/mol. The number of carboxylic acid groups (broad SMARTS) is 1. The molecule has 0 unspecified atom stereocenters. The van der Waals surface area contributed by atoms with Crippen molar-refractivity contribution in [2.45, 2.75) is 31.8 Å². The molecule has 21 heavy (non-hydrogen) atoms. The Kier molecular flexibility index (Phi) is 3.60. The third-order valence-corrected chi connectivity index (χ3v) is 3.94. The van der Waals surface area contributed by atoms with E-state index >= 15 is 0 Å². The minimum absolute atomic E-state index is 0.0806. The van der Waals surface area contributed by atoms with Crippen LogP contribution >= 0.6 is 0 Å². The van der Waals surface area contributed by atoms with Crippen molar-refractivity contribution in [3.63, 3.8) is 0 Å². The van der Waals surface area contributed by atoms with E-state index in [-0.39, 0.29) is 12.5 Å². The van der Waals surface area contributed by atoms with Gasteiger partial charge in [-0.05, 0) is 25.3 Å². The van der Waals surface area contributed by atoms with Gasteiger partial charge < -0.3 is 10.0 Å². The summed E-state index contributed by atoms with van der Waals surface area (Å²) in [5, 5.41) is 14.4.